The number of nitrogens with one attached hydrogen (secondary N) is 1. The number of benzene rings is 1. The zero-order chi connectivity index (χ0) is 15.7. The average molecular weight is 312 g/mol. The van der Waals surface area contributed by atoms with E-state index in [9.17, 15) is 4.79 Å². The molecular formula is C17H26ClNO2. The molecule has 1 aromatic carbocycles. The van der Waals surface area contributed by atoms with Gasteiger partial charge in [0.25, 0.3) is 0 Å². The van der Waals surface area contributed by atoms with Gasteiger partial charge in [-0.1, -0.05) is 26.0 Å². The van der Waals surface area contributed by atoms with Crippen LogP contribution in [0.1, 0.15) is 38.7 Å². The van der Waals surface area contributed by atoms with Crippen LogP contribution in [-0.2, 0) is 4.79 Å². The number of amides is 1. The Morgan fingerprint density at radius 1 is 1.38 bits per heavy atom. The van der Waals surface area contributed by atoms with Crippen molar-refractivity contribution in [3.8, 4) is 5.75 Å². The second-order valence-electron chi connectivity index (χ2n) is 6.15. The third-order valence-electron chi connectivity index (χ3n) is 3.34. The van der Waals surface area contributed by atoms with Gasteiger partial charge in [0.15, 0.2) is 0 Å². The predicted molar refractivity (Wildman–Crippen MR) is 88.0 cm³/mol. The van der Waals surface area contributed by atoms with E-state index in [2.05, 4.69) is 19.2 Å². The molecule has 0 fully saturated rings. The molecule has 0 saturated heterocycles. The summed E-state index contributed by atoms with van der Waals surface area (Å²) in [6.45, 7) is 7.37. The van der Waals surface area contributed by atoms with Gasteiger partial charge in [-0.15, -0.1) is 11.6 Å². The zero-order valence-corrected chi connectivity index (χ0v) is 14.0. The van der Waals surface area contributed by atoms with E-state index in [-0.39, 0.29) is 11.3 Å². The van der Waals surface area contributed by atoms with Crippen LogP contribution in [0.25, 0.3) is 0 Å². The Labute approximate surface area is 133 Å². The lowest BCUT2D eigenvalue weighted by Gasteiger charge is -2.24. The lowest BCUT2D eigenvalue weighted by Crippen LogP contribution is -2.34. The van der Waals surface area contributed by atoms with Crippen LogP contribution in [0, 0.1) is 12.3 Å². The standard InChI is InChI=1S/C17H26ClNO2/c1-14-6-4-7-15(12-14)21-11-8-16(20)19-13-17(2,3)9-5-10-18/h4,6-7,12H,5,8-11,13H2,1-3H3,(H,19,20). The molecule has 21 heavy (non-hydrogen) atoms. The Morgan fingerprint density at radius 3 is 2.81 bits per heavy atom. The number of alkyl halides is 1. The highest BCUT2D eigenvalue weighted by Crippen LogP contribution is 2.21. The minimum Gasteiger partial charge on any atom is -0.493 e. The van der Waals surface area contributed by atoms with Gasteiger partial charge >= 0.3 is 0 Å². The molecule has 3 nitrogen and oxygen atoms in total. The molecule has 0 radical (unpaired) electrons. The third-order valence-corrected chi connectivity index (χ3v) is 3.61. The highest BCUT2D eigenvalue weighted by atomic mass is 35.5. The predicted octanol–water partition coefficient (Wildman–Crippen LogP) is 3.93. The van der Waals surface area contributed by atoms with E-state index in [4.69, 9.17) is 16.3 Å². The molecule has 0 aliphatic rings. The molecule has 0 heterocycles. The SMILES string of the molecule is Cc1cccc(OCCC(=O)NCC(C)(C)CCCCl)c1. The third kappa shape index (κ3) is 7.96. The maximum absolute atomic E-state index is 11.8. The molecule has 1 aromatic rings. The van der Waals surface area contributed by atoms with Crippen molar-refractivity contribution in [3.05, 3.63) is 29.8 Å². The summed E-state index contributed by atoms with van der Waals surface area (Å²) in [7, 11) is 0. The number of carbonyl (C=O) groups excluding carboxylic acids is 1. The number of halogens is 1. The summed E-state index contributed by atoms with van der Waals surface area (Å²) in [4.78, 5) is 11.8. The Morgan fingerprint density at radius 2 is 2.14 bits per heavy atom. The lowest BCUT2D eigenvalue weighted by molar-refractivity contribution is -0.122. The number of rotatable bonds is 9. The largest absolute Gasteiger partial charge is 0.493 e. The first-order valence-electron chi connectivity index (χ1n) is 7.45. The van der Waals surface area contributed by atoms with Crippen LogP contribution in [0.15, 0.2) is 24.3 Å². The van der Waals surface area contributed by atoms with Gasteiger partial charge in [0.1, 0.15) is 5.75 Å². The molecule has 0 atom stereocenters. The number of hydrogen-bond acceptors (Lipinski definition) is 2. The van der Waals surface area contributed by atoms with Gasteiger partial charge in [-0.05, 0) is 42.9 Å². The van der Waals surface area contributed by atoms with Crippen LogP contribution < -0.4 is 10.1 Å². The number of carbonyl (C=O) groups is 1. The number of hydrogen-bond donors (Lipinski definition) is 1. The van der Waals surface area contributed by atoms with E-state index in [1.165, 1.54) is 0 Å². The van der Waals surface area contributed by atoms with Crippen LogP contribution in [0.5, 0.6) is 5.75 Å². The van der Waals surface area contributed by atoms with Crippen molar-refractivity contribution in [2.75, 3.05) is 19.0 Å². The fourth-order valence-corrected chi connectivity index (χ4v) is 2.16. The summed E-state index contributed by atoms with van der Waals surface area (Å²) in [5, 5.41) is 2.97. The zero-order valence-electron chi connectivity index (χ0n) is 13.2. The maximum Gasteiger partial charge on any atom is 0.223 e. The van der Waals surface area contributed by atoms with E-state index in [0.29, 0.717) is 25.5 Å². The Balaban J connectivity index is 2.22. The molecule has 0 aromatic heterocycles. The summed E-state index contributed by atoms with van der Waals surface area (Å²) < 4.78 is 5.58. The molecule has 0 saturated carbocycles. The van der Waals surface area contributed by atoms with Crippen molar-refractivity contribution in [2.24, 2.45) is 5.41 Å². The normalized spacial score (nSPS) is 11.2. The molecule has 0 aliphatic heterocycles. The van der Waals surface area contributed by atoms with Gasteiger partial charge in [-0.25, -0.2) is 0 Å². The molecule has 1 N–H and O–H groups in total. The van der Waals surface area contributed by atoms with Crippen LogP contribution >= 0.6 is 11.6 Å². The average Bonchev–Trinajstić information content (AvgIpc) is 2.43. The summed E-state index contributed by atoms with van der Waals surface area (Å²) >= 11 is 5.70. The molecule has 4 heteroatoms. The molecular weight excluding hydrogens is 286 g/mol. The van der Waals surface area contributed by atoms with Gasteiger partial charge in [0, 0.05) is 12.4 Å². The van der Waals surface area contributed by atoms with E-state index in [1.807, 2.05) is 31.2 Å². The molecule has 118 valence electrons. The second-order valence-corrected chi connectivity index (χ2v) is 6.53. The summed E-state index contributed by atoms with van der Waals surface area (Å²) in [5.74, 6) is 1.51. The minimum atomic E-state index is 0.0293. The van der Waals surface area contributed by atoms with Gasteiger partial charge in [-0.3, -0.25) is 4.79 Å². The first-order valence-corrected chi connectivity index (χ1v) is 7.98. The first kappa shape index (κ1) is 17.8. The highest BCUT2D eigenvalue weighted by molar-refractivity contribution is 6.17. The summed E-state index contributed by atoms with van der Waals surface area (Å²) in [6.07, 6.45) is 2.36. The fraction of sp³-hybridized carbons (Fsp3) is 0.588. The topological polar surface area (TPSA) is 38.3 Å². The van der Waals surface area contributed by atoms with E-state index in [0.717, 1.165) is 24.2 Å². The summed E-state index contributed by atoms with van der Waals surface area (Å²) in [5.41, 5.74) is 1.24. The quantitative estimate of drug-likeness (QED) is 0.702. The van der Waals surface area contributed by atoms with Crippen LogP contribution in [0.4, 0.5) is 0 Å². The van der Waals surface area contributed by atoms with Gasteiger partial charge in [0.2, 0.25) is 5.91 Å². The molecule has 0 spiro atoms. The molecule has 0 bridgehead atoms. The molecule has 1 amide bonds. The van der Waals surface area contributed by atoms with Crippen molar-refractivity contribution in [1.82, 2.24) is 5.32 Å². The smallest absolute Gasteiger partial charge is 0.223 e. The van der Waals surface area contributed by atoms with Crippen LogP contribution in [0.3, 0.4) is 0 Å². The molecule has 0 unspecified atom stereocenters. The van der Waals surface area contributed by atoms with Gasteiger partial charge in [-0.2, -0.15) is 0 Å². The molecule has 1 rings (SSSR count). The fourth-order valence-electron chi connectivity index (χ4n) is 2.03. The van der Waals surface area contributed by atoms with Crippen LogP contribution in [0.2, 0.25) is 0 Å². The molecule has 0 aliphatic carbocycles. The first-order chi connectivity index (χ1) is 9.93. The van der Waals surface area contributed by atoms with E-state index < -0.39 is 0 Å². The van der Waals surface area contributed by atoms with Crippen molar-refractivity contribution in [3.63, 3.8) is 0 Å². The van der Waals surface area contributed by atoms with Crippen molar-refractivity contribution >= 4 is 17.5 Å². The van der Waals surface area contributed by atoms with Crippen molar-refractivity contribution < 1.29 is 9.53 Å². The van der Waals surface area contributed by atoms with Crippen molar-refractivity contribution in [2.45, 2.75) is 40.0 Å². The Kier molecular flexibility index (Phi) is 7.58. The number of ether oxygens (including phenoxy) is 1. The highest BCUT2D eigenvalue weighted by Gasteiger charge is 2.18. The Bertz CT molecular complexity index is 446. The van der Waals surface area contributed by atoms with Gasteiger partial charge < -0.3 is 10.1 Å². The van der Waals surface area contributed by atoms with E-state index in [1.54, 1.807) is 0 Å². The van der Waals surface area contributed by atoms with Crippen LogP contribution in [-0.4, -0.2) is 24.9 Å². The van der Waals surface area contributed by atoms with Gasteiger partial charge in [0.05, 0.1) is 13.0 Å². The summed E-state index contributed by atoms with van der Waals surface area (Å²) in [6, 6.07) is 7.83. The van der Waals surface area contributed by atoms with E-state index >= 15 is 0 Å². The monoisotopic (exact) mass is 311 g/mol. The maximum atomic E-state index is 11.8. The second kappa shape index (κ2) is 8.93. The lowest BCUT2D eigenvalue weighted by atomic mass is 9.88. The Hall–Kier alpha value is -1.22. The number of aryl methyl sites for hydroxylation is 1. The minimum absolute atomic E-state index is 0.0293. The van der Waals surface area contributed by atoms with Crippen molar-refractivity contribution in [1.29, 1.82) is 0 Å².